The Labute approximate surface area is 171 Å². The molecule has 1 fully saturated rings. The van der Waals surface area contributed by atoms with Gasteiger partial charge >= 0.3 is 18.2 Å². The Hall–Kier alpha value is -2.52. The van der Waals surface area contributed by atoms with Crippen LogP contribution in [0.4, 0.5) is 9.59 Å². The van der Waals surface area contributed by atoms with Crippen LogP contribution in [0.15, 0.2) is 0 Å². The minimum Gasteiger partial charge on any atom is -0.467 e. The van der Waals surface area contributed by atoms with E-state index in [1.165, 1.54) is 26.0 Å². The van der Waals surface area contributed by atoms with E-state index in [1.54, 1.807) is 0 Å². The Morgan fingerprint density at radius 2 is 1.72 bits per heavy atom. The van der Waals surface area contributed by atoms with E-state index in [0.717, 1.165) is 32.1 Å². The molecule has 10 nitrogen and oxygen atoms in total. The van der Waals surface area contributed by atoms with Gasteiger partial charge < -0.3 is 29.7 Å². The first-order valence-corrected chi connectivity index (χ1v) is 10.00. The van der Waals surface area contributed by atoms with Gasteiger partial charge in [0.25, 0.3) is 0 Å². The van der Waals surface area contributed by atoms with Crippen molar-refractivity contribution < 1.29 is 33.4 Å². The van der Waals surface area contributed by atoms with E-state index in [1.807, 2.05) is 0 Å². The molecule has 3 atom stereocenters. The van der Waals surface area contributed by atoms with E-state index in [0.29, 0.717) is 0 Å². The molecule has 0 aromatic carbocycles. The molecular formula is C19H33N3O7. The minimum atomic E-state index is -0.897. The lowest BCUT2D eigenvalue weighted by atomic mass is 10.1. The average Bonchev–Trinajstić information content (AvgIpc) is 3.12. The Morgan fingerprint density at radius 1 is 1.03 bits per heavy atom. The monoisotopic (exact) mass is 415 g/mol. The van der Waals surface area contributed by atoms with Crippen LogP contribution in [0.5, 0.6) is 0 Å². The van der Waals surface area contributed by atoms with Crippen LogP contribution in [-0.4, -0.2) is 74.5 Å². The number of hydrogen-bond donors (Lipinski definition) is 2. The molecule has 0 bridgehead atoms. The fourth-order valence-corrected chi connectivity index (χ4v) is 3.17. The Kier molecular flexibility index (Phi) is 10.9. The summed E-state index contributed by atoms with van der Waals surface area (Å²) in [6.45, 7) is 4.03. The molecule has 0 saturated carbocycles. The molecule has 2 N–H and O–H groups in total. The van der Waals surface area contributed by atoms with Crippen LogP contribution in [0.1, 0.15) is 52.4 Å². The molecule has 0 aliphatic carbocycles. The molecule has 3 amide bonds. The summed E-state index contributed by atoms with van der Waals surface area (Å²) in [6.07, 6.45) is 4.01. The number of nitrogens with one attached hydrogen (secondary N) is 2. The van der Waals surface area contributed by atoms with Gasteiger partial charge in [0.15, 0.2) is 0 Å². The predicted octanol–water partition coefficient (Wildman–Crippen LogP) is 1.57. The molecule has 0 spiro atoms. The molecule has 1 heterocycles. The summed E-state index contributed by atoms with van der Waals surface area (Å²) in [7, 11) is 2.46. The molecule has 1 rings (SSSR count). The van der Waals surface area contributed by atoms with Gasteiger partial charge in [0.2, 0.25) is 5.91 Å². The molecular weight excluding hydrogens is 382 g/mol. The van der Waals surface area contributed by atoms with Crippen LogP contribution >= 0.6 is 0 Å². The van der Waals surface area contributed by atoms with Crippen molar-refractivity contribution >= 4 is 24.1 Å². The third kappa shape index (κ3) is 8.16. The van der Waals surface area contributed by atoms with Crippen molar-refractivity contribution in [3.05, 3.63) is 0 Å². The van der Waals surface area contributed by atoms with Crippen molar-refractivity contribution in [2.24, 2.45) is 0 Å². The average molecular weight is 415 g/mol. The first-order chi connectivity index (χ1) is 13.8. The lowest BCUT2D eigenvalue weighted by molar-refractivity contribution is -0.151. The summed E-state index contributed by atoms with van der Waals surface area (Å²) in [5.74, 6) is -1.05. The number of alkyl carbamates (subject to hydrolysis) is 2. The highest BCUT2D eigenvalue weighted by atomic mass is 16.5. The Balaban J connectivity index is 2.55. The van der Waals surface area contributed by atoms with Crippen molar-refractivity contribution in [2.45, 2.75) is 70.5 Å². The molecule has 166 valence electrons. The second-order valence-corrected chi connectivity index (χ2v) is 7.01. The topological polar surface area (TPSA) is 123 Å². The maximum absolute atomic E-state index is 12.8. The Bertz CT molecular complexity index is 570. The number of rotatable bonds is 10. The van der Waals surface area contributed by atoms with Crippen LogP contribution < -0.4 is 10.6 Å². The van der Waals surface area contributed by atoms with Crippen LogP contribution in [0.25, 0.3) is 0 Å². The summed E-state index contributed by atoms with van der Waals surface area (Å²) in [5, 5.41) is 5.06. The lowest BCUT2D eigenvalue weighted by Crippen LogP contribution is -2.51. The minimum absolute atomic E-state index is 0.103. The quantitative estimate of drug-likeness (QED) is 0.315. The number of nitrogens with zero attached hydrogens (tertiary/aromatic N) is 1. The number of carbonyl (C=O) groups excluding carboxylic acids is 4. The Morgan fingerprint density at radius 3 is 2.34 bits per heavy atom. The normalized spacial score (nSPS) is 19.2. The largest absolute Gasteiger partial charge is 0.467 e. The van der Waals surface area contributed by atoms with Gasteiger partial charge in [-0.3, -0.25) is 4.79 Å². The van der Waals surface area contributed by atoms with Crippen molar-refractivity contribution in [3.63, 3.8) is 0 Å². The van der Waals surface area contributed by atoms with Gasteiger partial charge in [-0.2, -0.15) is 0 Å². The van der Waals surface area contributed by atoms with Gasteiger partial charge in [0, 0.05) is 13.0 Å². The van der Waals surface area contributed by atoms with Gasteiger partial charge in [-0.15, -0.1) is 0 Å². The summed E-state index contributed by atoms with van der Waals surface area (Å²) in [5.41, 5.74) is 0. The third-order valence-corrected chi connectivity index (χ3v) is 4.75. The molecule has 1 saturated heterocycles. The zero-order chi connectivity index (χ0) is 21.8. The number of hydrogen-bond acceptors (Lipinski definition) is 7. The molecule has 29 heavy (non-hydrogen) atoms. The number of ether oxygens (including phenoxy) is 3. The molecule has 1 aliphatic rings. The molecule has 0 unspecified atom stereocenters. The molecule has 0 aromatic heterocycles. The smallest absolute Gasteiger partial charge is 0.407 e. The van der Waals surface area contributed by atoms with Crippen molar-refractivity contribution in [1.29, 1.82) is 0 Å². The van der Waals surface area contributed by atoms with Gasteiger partial charge in [-0.1, -0.05) is 32.6 Å². The first-order valence-electron chi connectivity index (χ1n) is 10.00. The molecule has 10 heteroatoms. The summed E-state index contributed by atoms with van der Waals surface area (Å²) in [6, 6.07) is -2.21. The number of methoxy groups -OCH3 is 2. The summed E-state index contributed by atoms with van der Waals surface area (Å²) < 4.78 is 14.4. The number of likely N-dealkylation sites (tertiary alicyclic amines) is 1. The second kappa shape index (κ2) is 12.8. The van der Waals surface area contributed by atoms with Crippen molar-refractivity contribution in [2.75, 3.05) is 27.4 Å². The highest BCUT2D eigenvalue weighted by molar-refractivity contribution is 5.90. The number of esters is 1. The second-order valence-electron chi connectivity index (χ2n) is 7.01. The van der Waals surface area contributed by atoms with E-state index < -0.39 is 42.2 Å². The number of carbonyl (C=O) groups is 4. The van der Waals surface area contributed by atoms with Crippen LogP contribution in [0.2, 0.25) is 0 Å². The highest BCUT2D eigenvalue weighted by Crippen LogP contribution is 2.20. The maximum Gasteiger partial charge on any atom is 0.407 e. The van der Waals surface area contributed by atoms with E-state index in [4.69, 9.17) is 9.47 Å². The highest BCUT2D eigenvalue weighted by Gasteiger charge is 2.42. The fourth-order valence-electron chi connectivity index (χ4n) is 3.17. The summed E-state index contributed by atoms with van der Waals surface area (Å²) >= 11 is 0. The van der Waals surface area contributed by atoms with Crippen molar-refractivity contribution in [3.8, 4) is 0 Å². The van der Waals surface area contributed by atoms with E-state index in [-0.39, 0.29) is 19.6 Å². The van der Waals surface area contributed by atoms with Gasteiger partial charge in [-0.25, -0.2) is 14.4 Å². The third-order valence-electron chi connectivity index (χ3n) is 4.75. The lowest BCUT2D eigenvalue weighted by Gasteiger charge is -2.26. The number of amides is 3. The molecule has 1 aliphatic heterocycles. The zero-order valence-electron chi connectivity index (χ0n) is 17.7. The van der Waals surface area contributed by atoms with Crippen LogP contribution in [0.3, 0.4) is 0 Å². The SMILES string of the molecule is CCCCCCCOC(=O)N[C@@H](C)C(=O)N1C[C@H](NC(=O)OC)C[C@H]1C(=O)OC. The standard InChI is InChI=1S/C19H33N3O7/c1-5-6-7-8-9-10-29-19(26)20-13(2)16(23)22-12-14(21-18(25)28-4)11-15(22)17(24)27-3/h13-15H,5-12H2,1-4H3,(H,20,26)(H,21,25)/t13-,14+,15-/m0/s1. The van der Waals surface area contributed by atoms with Gasteiger partial charge in [-0.05, 0) is 13.3 Å². The summed E-state index contributed by atoms with van der Waals surface area (Å²) in [4.78, 5) is 49.4. The first kappa shape index (κ1) is 24.5. The van der Waals surface area contributed by atoms with Crippen LogP contribution in [0, 0.1) is 0 Å². The van der Waals surface area contributed by atoms with Gasteiger partial charge in [0.1, 0.15) is 12.1 Å². The maximum atomic E-state index is 12.8. The molecule has 0 aromatic rings. The van der Waals surface area contributed by atoms with E-state index in [9.17, 15) is 19.2 Å². The number of unbranched alkanes of at least 4 members (excludes halogenated alkanes) is 4. The van der Waals surface area contributed by atoms with Gasteiger partial charge in [0.05, 0.1) is 26.9 Å². The molecule has 0 radical (unpaired) electrons. The van der Waals surface area contributed by atoms with Crippen LogP contribution in [-0.2, 0) is 23.8 Å². The van der Waals surface area contributed by atoms with E-state index in [2.05, 4.69) is 22.3 Å². The predicted molar refractivity (Wildman–Crippen MR) is 104 cm³/mol. The fraction of sp³-hybridized carbons (Fsp3) is 0.789. The zero-order valence-corrected chi connectivity index (χ0v) is 17.7. The van der Waals surface area contributed by atoms with E-state index >= 15 is 0 Å². The van der Waals surface area contributed by atoms with Crippen molar-refractivity contribution in [1.82, 2.24) is 15.5 Å².